The molecule has 1 aliphatic carbocycles. The van der Waals surface area contributed by atoms with Gasteiger partial charge in [-0.3, -0.25) is 9.69 Å². The molecule has 1 spiro atoms. The summed E-state index contributed by atoms with van der Waals surface area (Å²) in [6.07, 6.45) is 3.12. The molecule has 1 saturated heterocycles. The predicted octanol–water partition coefficient (Wildman–Crippen LogP) is 5.20. The number of thiazole rings is 1. The number of carbonyl (C=O) groups is 1. The molecule has 1 saturated carbocycles. The highest BCUT2D eigenvalue weighted by Gasteiger charge is 2.58. The molecule has 7 heteroatoms. The average Bonchev–Trinajstić information content (AvgIpc) is 3.29. The van der Waals surface area contributed by atoms with Gasteiger partial charge in [-0.05, 0) is 68.1 Å². The van der Waals surface area contributed by atoms with Crippen molar-refractivity contribution in [2.75, 3.05) is 25.5 Å². The lowest BCUT2D eigenvalue weighted by Crippen LogP contribution is -2.35. The van der Waals surface area contributed by atoms with Crippen molar-refractivity contribution in [1.29, 1.82) is 0 Å². The minimum atomic E-state index is 0.1000. The number of rotatable bonds is 5. The smallest absolute Gasteiger partial charge is 0.228 e. The fourth-order valence-corrected chi connectivity index (χ4v) is 5.85. The van der Waals surface area contributed by atoms with Gasteiger partial charge < -0.3 is 10.1 Å². The first kappa shape index (κ1) is 19.8. The zero-order chi connectivity index (χ0) is 20.7. The van der Waals surface area contributed by atoms with Crippen molar-refractivity contribution < 1.29 is 9.53 Å². The number of ether oxygens (including phenoxy) is 1. The average molecular weight is 442 g/mol. The Labute approximate surface area is 185 Å². The molecule has 0 bridgehead atoms. The lowest BCUT2D eigenvalue weighted by atomic mass is 9.90. The van der Waals surface area contributed by atoms with Crippen LogP contribution in [0.3, 0.4) is 0 Å². The number of fused-ring (bicyclic) bond motifs is 1. The molecule has 5 nitrogen and oxygen atoms in total. The Kier molecular flexibility index (Phi) is 5.17. The number of para-hydroxylation sites is 1. The molecule has 1 N–H and O–H groups in total. The summed E-state index contributed by atoms with van der Waals surface area (Å²) in [5.41, 5.74) is 1.98. The van der Waals surface area contributed by atoms with E-state index in [4.69, 9.17) is 21.3 Å². The summed E-state index contributed by atoms with van der Waals surface area (Å²) in [6, 6.07) is 13.7. The van der Waals surface area contributed by atoms with Gasteiger partial charge in [0.15, 0.2) is 0 Å². The number of aromatic nitrogens is 1. The van der Waals surface area contributed by atoms with Crippen LogP contribution >= 0.6 is 22.9 Å². The largest absolute Gasteiger partial charge is 0.495 e. The fraction of sp³-hybridized carbons (Fsp3) is 0.391. The zero-order valence-corrected chi connectivity index (χ0v) is 18.4. The van der Waals surface area contributed by atoms with Crippen LogP contribution in [0.1, 0.15) is 24.3 Å². The van der Waals surface area contributed by atoms with Gasteiger partial charge in [0, 0.05) is 11.6 Å². The number of amides is 1. The molecule has 156 valence electrons. The standard InChI is InChI=1S/C23H24ClN3O2S/c1-29-19-7-6-15(12-17(19)24)25-22(28)16-13-23(16)8-10-27(11-9-23)14-21-26-18-4-2-3-5-20(18)30-21/h2-7,12,16H,8-11,13-14H2,1H3,(H,25,28)/t16-/m1/s1. The summed E-state index contributed by atoms with van der Waals surface area (Å²) < 4.78 is 6.42. The number of piperidine rings is 1. The molecular formula is C23H24ClN3O2S. The second kappa shape index (κ2) is 7.84. The first-order chi connectivity index (χ1) is 14.6. The Bertz CT molecular complexity index is 1060. The number of benzene rings is 2. The summed E-state index contributed by atoms with van der Waals surface area (Å²) in [4.78, 5) is 20.0. The van der Waals surface area contributed by atoms with E-state index >= 15 is 0 Å². The lowest BCUT2D eigenvalue weighted by molar-refractivity contribution is -0.118. The number of carbonyl (C=O) groups excluding carboxylic acids is 1. The Morgan fingerprint density at radius 3 is 2.83 bits per heavy atom. The van der Waals surface area contributed by atoms with Gasteiger partial charge in [-0.25, -0.2) is 4.98 Å². The van der Waals surface area contributed by atoms with Crippen LogP contribution < -0.4 is 10.1 Å². The second-order valence-corrected chi connectivity index (χ2v) is 9.83. The van der Waals surface area contributed by atoms with Crippen molar-refractivity contribution in [3.05, 3.63) is 52.5 Å². The van der Waals surface area contributed by atoms with Gasteiger partial charge in [0.2, 0.25) is 5.91 Å². The number of halogens is 1. The first-order valence-corrected chi connectivity index (χ1v) is 11.5. The van der Waals surface area contributed by atoms with E-state index in [2.05, 4.69) is 28.4 Å². The molecule has 3 aromatic rings. The highest BCUT2D eigenvalue weighted by Crippen LogP contribution is 2.59. The molecule has 1 aromatic heterocycles. The molecule has 0 radical (unpaired) electrons. The number of nitrogens with zero attached hydrogens (tertiary/aromatic N) is 2. The summed E-state index contributed by atoms with van der Waals surface area (Å²) in [5.74, 6) is 0.817. The van der Waals surface area contributed by atoms with E-state index in [1.165, 1.54) is 9.71 Å². The molecule has 1 atom stereocenters. The van der Waals surface area contributed by atoms with Gasteiger partial charge in [0.1, 0.15) is 10.8 Å². The van der Waals surface area contributed by atoms with Crippen LogP contribution in [0.2, 0.25) is 5.02 Å². The van der Waals surface area contributed by atoms with Crippen molar-refractivity contribution in [1.82, 2.24) is 9.88 Å². The molecule has 2 aliphatic rings. The van der Waals surface area contributed by atoms with Crippen LogP contribution in [0.25, 0.3) is 10.2 Å². The second-order valence-electron chi connectivity index (χ2n) is 8.31. The number of likely N-dealkylation sites (tertiary alicyclic amines) is 1. The SMILES string of the molecule is COc1ccc(NC(=O)[C@H]2CC23CCN(Cc2nc4ccccc4s2)CC3)cc1Cl. The van der Waals surface area contributed by atoms with E-state index in [0.29, 0.717) is 10.8 Å². The molecule has 5 rings (SSSR count). The van der Waals surface area contributed by atoms with E-state index in [1.807, 2.05) is 12.1 Å². The number of hydrogen-bond acceptors (Lipinski definition) is 5. The van der Waals surface area contributed by atoms with Crippen LogP contribution in [0.15, 0.2) is 42.5 Å². The van der Waals surface area contributed by atoms with E-state index < -0.39 is 0 Å². The van der Waals surface area contributed by atoms with Crippen LogP contribution in [0.4, 0.5) is 5.69 Å². The summed E-state index contributed by atoms with van der Waals surface area (Å²) in [6.45, 7) is 2.94. The maximum absolute atomic E-state index is 12.8. The minimum absolute atomic E-state index is 0.1000. The van der Waals surface area contributed by atoms with Crippen LogP contribution in [-0.4, -0.2) is 36.0 Å². The Hall–Kier alpha value is -2.15. The van der Waals surface area contributed by atoms with Crippen molar-refractivity contribution in [3.8, 4) is 5.75 Å². The molecule has 2 aromatic carbocycles. The van der Waals surface area contributed by atoms with Gasteiger partial charge in [0.05, 0.1) is 28.9 Å². The number of hydrogen-bond donors (Lipinski definition) is 1. The maximum Gasteiger partial charge on any atom is 0.228 e. The lowest BCUT2D eigenvalue weighted by Gasteiger charge is -2.32. The highest BCUT2D eigenvalue weighted by atomic mass is 35.5. The van der Waals surface area contributed by atoms with Gasteiger partial charge >= 0.3 is 0 Å². The molecule has 1 amide bonds. The molecule has 1 aliphatic heterocycles. The Morgan fingerprint density at radius 1 is 1.30 bits per heavy atom. The van der Waals surface area contributed by atoms with Gasteiger partial charge in [0.25, 0.3) is 0 Å². The van der Waals surface area contributed by atoms with Crippen LogP contribution in [0.5, 0.6) is 5.75 Å². The van der Waals surface area contributed by atoms with Crippen LogP contribution in [0, 0.1) is 11.3 Å². The molecule has 0 unspecified atom stereocenters. The third-order valence-corrected chi connectivity index (χ3v) is 7.79. The third-order valence-electron chi connectivity index (χ3n) is 6.47. The number of anilines is 1. The van der Waals surface area contributed by atoms with Crippen molar-refractivity contribution in [2.45, 2.75) is 25.8 Å². The molecule has 2 heterocycles. The van der Waals surface area contributed by atoms with Gasteiger partial charge in [-0.2, -0.15) is 0 Å². The van der Waals surface area contributed by atoms with Gasteiger partial charge in [-0.15, -0.1) is 11.3 Å². The Balaban J connectivity index is 1.16. The molecule has 30 heavy (non-hydrogen) atoms. The van der Waals surface area contributed by atoms with E-state index in [0.717, 1.165) is 50.1 Å². The fourth-order valence-electron chi connectivity index (χ4n) is 4.58. The zero-order valence-electron chi connectivity index (χ0n) is 16.9. The monoisotopic (exact) mass is 441 g/mol. The van der Waals surface area contributed by atoms with Crippen molar-refractivity contribution in [3.63, 3.8) is 0 Å². The normalized spacial score (nSPS) is 20.4. The Morgan fingerprint density at radius 2 is 2.10 bits per heavy atom. The van der Waals surface area contributed by atoms with Gasteiger partial charge in [-0.1, -0.05) is 23.7 Å². The third kappa shape index (κ3) is 3.80. The predicted molar refractivity (Wildman–Crippen MR) is 121 cm³/mol. The van der Waals surface area contributed by atoms with Crippen LogP contribution in [-0.2, 0) is 11.3 Å². The molecule has 2 fully saturated rings. The highest BCUT2D eigenvalue weighted by molar-refractivity contribution is 7.18. The number of nitrogens with one attached hydrogen (secondary N) is 1. The summed E-state index contributed by atoms with van der Waals surface area (Å²) >= 11 is 7.95. The number of methoxy groups -OCH3 is 1. The van der Waals surface area contributed by atoms with Crippen molar-refractivity contribution >= 4 is 44.7 Å². The quantitative estimate of drug-likeness (QED) is 0.591. The van der Waals surface area contributed by atoms with E-state index in [-0.39, 0.29) is 17.2 Å². The first-order valence-electron chi connectivity index (χ1n) is 10.3. The molecular weight excluding hydrogens is 418 g/mol. The van der Waals surface area contributed by atoms with E-state index in [1.54, 1.807) is 30.6 Å². The summed E-state index contributed by atoms with van der Waals surface area (Å²) in [5, 5.41) is 4.71. The summed E-state index contributed by atoms with van der Waals surface area (Å²) in [7, 11) is 1.58. The minimum Gasteiger partial charge on any atom is -0.495 e. The maximum atomic E-state index is 12.8. The van der Waals surface area contributed by atoms with E-state index in [9.17, 15) is 4.79 Å². The topological polar surface area (TPSA) is 54.5 Å². The van der Waals surface area contributed by atoms with Crippen molar-refractivity contribution in [2.24, 2.45) is 11.3 Å².